The second-order valence-electron chi connectivity index (χ2n) is 7.87. The molecule has 36 heavy (non-hydrogen) atoms. The number of carbonyl (C=O) groups is 2. The van der Waals surface area contributed by atoms with E-state index in [9.17, 15) is 9.59 Å². The zero-order chi connectivity index (χ0) is 24.9. The van der Waals surface area contributed by atoms with E-state index < -0.39 is 0 Å². The summed E-state index contributed by atoms with van der Waals surface area (Å²) in [6.07, 6.45) is 3.64. The molecule has 0 radical (unpaired) electrons. The lowest BCUT2D eigenvalue weighted by Gasteiger charge is -2.20. The van der Waals surface area contributed by atoms with Crippen LogP contribution in [0.5, 0.6) is 17.2 Å². The minimum Gasteiger partial charge on any atom is -0.493 e. The van der Waals surface area contributed by atoms with Crippen molar-refractivity contribution in [3.8, 4) is 17.2 Å². The van der Waals surface area contributed by atoms with Gasteiger partial charge in [-0.05, 0) is 36.4 Å². The van der Waals surface area contributed by atoms with Gasteiger partial charge in [-0.15, -0.1) is 12.4 Å². The summed E-state index contributed by atoms with van der Waals surface area (Å²) in [5.41, 5.74) is 1.54. The number of methoxy groups -OCH3 is 3. The maximum absolute atomic E-state index is 13.3. The summed E-state index contributed by atoms with van der Waals surface area (Å²) in [5, 5.41) is 0. The van der Waals surface area contributed by atoms with Crippen LogP contribution in [0, 0.1) is 5.92 Å². The standard InChI is InChI=1S/C26H27N2O5S2.ClH/c1-28(26(30)19-15-34-35(16-19)21-9-6-10-27-14-21)20-8-5-7-17(11-20)24(29)18-12-22(31-2)25(33-4)23(13-18)32-3;/h5-14,19H,15-16H2,1-4H3;1H/q+1;. The molecule has 1 saturated heterocycles. The molecule has 0 bridgehead atoms. The molecule has 7 nitrogen and oxygen atoms in total. The van der Waals surface area contributed by atoms with Crippen molar-refractivity contribution in [2.75, 3.05) is 44.8 Å². The minimum atomic E-state index is -0.207. The number of rotatable bonds is 8. The lowest BCUT2D eigenvalue weighted by Crippen LogP contribution is -2.34. The molecule has 10 heteroatoms. The van der Waals surface area contributed by atoms with Gasteiger partial charge in [-0.3, -0.25) is 14.6 Å². The molecule has 1 aromatic heterocycles. The van der Waals surface area contributed by atoms with Crippen LogP contribution in [0.25, 0.3) is 0 Å². The Morgan fingerprint density at radius 1 is 1.00 bits per heavy atom. The number of nitrogens with zero attached hydrogens (tertiary/aromatic N) is 2. The van der Waals surface area contributed by atoms with E-state index >= 15 is 0 Å². The number of anilines is 1. The maximum Gasteiger partial charge on any atom is 0.235 e. The van der Waals surface area contributed by atoms with Gasteiger partial charge in [0.15, 0.2) is 22.2 Å². The van der Waals surface area contributed by atoms with Gasteiger partial charge in [-0.25, -0.2) is 0 Å². The van der Waals surface area contributed by atoms with E-state index in [0.717, 1.165) is 11.5 Å². The molecule has 0 N–H and O–H groups in total. The van der Waals surface area contributed by atoms with E-state index in [-0.39, 0.29) is 39.9 Å². The molecule has 0 saturated carbocycles. The number of hydrogen-bond donors (Lipinski definition) is 0. The van der Waals surface area contributed by atoms with E-state index in [2.05, 4.69) is 11.1 Å². The quantitative estimate of drug-likeness (QED) is 0.230. The first kappa shape index (κ1) is 27.7. The Hall–Kier alpha value is -2.88. The van der Waals surface area contributed by atoms with Crippen molar-refractivity contribution in [3.63, 3.8) is 0 Å². The molecule has 2 unspecified atom stereocenters. The van der Waals surface area contributed by atoms with Crippen molar-refractivity contribution in [2.45, 2.75) is 4.90 Å². The van der Waals surface area contributed by atoms with Crippen molar-refractivity contribution < 1.29 is 23.8 Å². The first-order chi connectivity index (χ1) is 17.0. The summed E-state index contributed by atoms with van der Waals surface area (Å²) >= 11 is 0. The predicted octanol–water partition coefficient (Wildman–Crippen LogP) is 4.68. The summed E-state index contributed by atoms with van der Waals surface area (Å²) < 4.78 is 16.1. The fourth-order valence-electron chi connectivity index (χ4n) is 3.87. The van der Waals surface area contributed by atoms with Crippen LogP contribution in [0.1, 0.15) is 15.9 Å². The van der Waals surface area contributed by atoms with Crippen LogP contribution >= 0.6 is 23.2 Å². The molecule has 3 aromatic rings. The van der Waals surface area contributed by atoms with Crippen LogP contribution in [-0.2, 0) is 14.7 Å². The van der Waals surface area contributed by atoms with Crippen LogP contribution in [0.15, 0.2) is 65.8 Å². The first-order valence-corrected chi connectivity index (χ1v) is 13.8. The Bertz CT molecular complexity index is 1200. The number of ketones is 1. The predicted molar refractivity (Wildman–Crippen MR) is 147 cm³/mol. The Kier molecular flexibility index (Phi) is 9.53. The summed E-state index contributed by atoms with van der Waals surface area (Å²) in [5.74, 6) is 2.56. The van der Waals surface area contributed by atoms with Crippen LogP contribution in [0.2, 0.25) is 0 Å². The van der Waals surface area contributed by atoms with Crippen LogP contribution in [0.3, 0.4) is 0 Å². The SMILES string of the molecule is COc1cc(C(=O)c2cccc(N(C)C(=O)C3CS[S+](c4cccnc4)C3)c2)cc(OC)c1OC.Cl. The third-order valence-corrected chi connectivity index (χ3v) is 10.3. The maximum atomic E-state index is 13.3. The molecular formula is C26H28ClN2O5S2+. The molecule has 2 heterocycles. The number of benzene rings is 2. The molecule has 1 fully saturated rings. The normalized spacial score (nSPS) is 16.6. The molecule has 1 aliphatic rings. The van der Waals surface area contributed by atoms with Gasteiger partial charge in [0.2, 0.25) is 11.7 Å². The highest BCUT2D eigenvalue weighted by Crippen LogP contribution is 2.39. The highest BCUT2D eigenvalue weighted by atomic mass is 35.5. The van der Waals surface area contributed by atoms with Crippen LogP contribution in [0.4, 0.5) is 5.69 Å². The zero-order valence-electron chi connectivity index (χ0n) is 20.4. The van der Waals surface area contributed by atoms with Gasteiger partial charge >= 0.3 is 0 Å². The molecule has 4 rings (SSSR count). The third-order valence-electron chi connectivity index (χ3n) is 5.76. The fourth-order valence-corrected chi connectivity index (χ4v) is 8.54. The van der Waals surface area contributed by atoms with Crippen molar-refractivity contribution in [1.29, 1.82) is 0 Å². The summed E-state index contributed by atoms with van der Waals surface area (Å²) in [6.45, 7) is 0. The highest BCUT2D eigenvalue weighted by Gasteiger charge is 2.42. The van der Waals surface area contributed by atoms with Gasteiger partial charge in [-0.1, -0.05) is 12.1 Å². The van der Waals surface area contributed by atoms with E-state index in [1.807, 2.05) is 29.1 Å². The average molecular weight is 548 g/mol. The summed E-state index contributed by atoms with van der Waals surface area (Å²) in [4.78, 5) is 33.6. The zero-order valence-corrected chi connectivity index (χ0v) is 22.9. The summed E-state index contributed by atoms with van der Waals surface area (Å²) in [6, 6.07) is 14.4. The second-order valence-corrected chi connectivity index (χ2v) is 11.9. The highest BCUT2D eigenvalue weighted by molar-refractivity contribution is 8.74. The molecule has 0 aliphatic carbocycles. The van der Waals surface area contributed by atoms with Gasteiger partial charge in [0, 0.05) is 30.1 Å². The Morgan fingerprint density at radius 3 is 2.33 bits per heavy atom. The Balaban J connectivity index is 0.00000361. The monoisotopic (exact) mass is 547 g/mol. The molecule has 1 aliphatic heterocycles. The molecule has 1 amide bonds. The molecule has 190 valence electrons. The first-order valence-electron chi connectivity index (χ1n) is 10.9. The topological polar surface area (TPSA) is 78.0 Å². The number of halogens is 1. The van der Waals surface area contributed by atoms with Crippen LogP contribution < -0.4 is 19.1 Å². The third kappa shape index (κ3) is 5.74. The van der Waals surface area contributed by atoms with Crippen LogP contribution in [-0.4, -0.2) is 56.6 Å². The van der Waals surface area contributed by atoms with Gasteiger partial charge in [0.25, 0.3) is 0 Å². The smallest absolute Gasteiger partial charge is 0.235 e. The van der Waals surface area contributed by atoms with E-state index in [1.165, 1.54) is 26.2 Å². The molecule has 0 spiro atoms. The molecule has 2 aromatic carbocycles. The number of carbonyl (C=O) groups excluding carboxylic acids is 2. The Labute approximate surface area is 223 Å². The second kappa shape index (κ2) is 12.4. The molecule has 2 atom stereocenters. The van der Waals surface area contributed by atoms with Gasteiger partial charge in [0.05, 0.1) is 59.9 Å². The van der Waals surface area contributed by atoms with Crippen molar-refractivity contribution in [3.05, 3.63) is 72.1 Å². The number of ether oxygens (including phenoxy) is 3. The van der Waals surface area contributed by atoms with Gasteiger partial charge < -0.3 is 19.1 Å². The number of amides is 1. The van der Waals surface area contributed by atoms with Gasteiger partial charge in [0.1, 0.15) is 5.75 Å². The lowest BCUT2D eigenvalue weighted by atomic mass is 10.0. The van der Waals surface area contributed by atoms with Crippen molar-refractivity contribution in [2.24, 2.45) is 5.92 Å². The minimum absolute atomic E-state index is 0. The van der Waals surface area contributed by atoms with Gasteiger partial charge in [-0.2, -0.15) is 0 Å². The number of pyridine rings is 1. The van der Waals surface area contributed by atoms with E-state index in [4.69, 9.17) is 14.2 Å². The average Bonchev–Trinajstić information content (AvgIpc) is 3.42. The largest absolute Gasteiger partial charge is 0.493 e. The van der Waals surface area contributed by atoms with E-state index in [0.29, 0.717) is 34.1 Å². The Morgan fingerprint density at radius 2 is 1.72 bits per heavy atom. The summed E-state index contributed by atoms with van der Waals surface area (Å²) in [7, 11) is 8.06. The number of hydrogen-bond acceptors (Lipinski definition) is 7. The number of aromatic nitrogens is 1. The fraction of sp³-hybridized carbons (Fsp3) is 0.269. The molecular weight excluding hydrogens is 520 g/mol. The van der Waals surface area contributed by atoms with Crippen molar-refractivity contribution in [1.82, 2.24) is 4.98 Å². The van der Waals surface area contributed by atoms with E-state index in [1.54, 1.807) is 48.5 Å². The van der Waals surface area contributed by atoms with Crippen molar-refractivity contribution >= 4 is 50.5 Å². The lowest BCUT2D eigenvalue weighted by molar-refractivity contribution is -0.120.